The predicted octanol–water partition coefficient (Wildman–Crippen LogP) is 2.66. The van der Waals surface area contributed by atoms with E-state index in [4.69, 9.17) is 9.47 Å². The van der Waals surface area contributed by atoms with Crippen LogP contribution in [0.25, 0.3) is 0 Å². The molecule has 0 saturated heterocycles. The minimum atomic E-state index is -3.03. The minimum absolute atomic E-state index is 0.102. The fourth-order valence-electron chi connectivity index (χ4n) is 2.61. The first-order valence-corrected chi connectivity index (χ1v) is 7.93. The Kier molecular flexibility index (Phi) is 5.39. The van der Waals surface area contributed by atoms with Crippen LogP contribution in [0.15, 0.2) is 42.5 Å². The number of para-hydroxylation sites is 2. The predicted molar refractivity (Wildman–Crippen MR) is 92.5 cm³/mol. The van der Waals surface area contributed by atoms with E-state index in [2.05, 4.69) is 10.1 Å². The zero-order valence-corrected chi connectivity index (χ0v) is 14.3. The summed E-state index contributed by atoms with van der Waals surface area (Å²) in [6.07, 6.45) is 0. The van der Waals surface area contributed by atoms with Crippen molar-refractivity contribution >= 4 is 23.2 Å². The molecule has 2 amide bonds. The van der Waals surface area contributed by atoms with Crippen molar-refractivity contribution in [1.82, 2.24) is 0 Å². The van der Waals surface area contributed by atoms with Gasteiger partial charge in [0, 0.05) is 11.8 Å². The van der Waals surface area contributed by atoms with Gasteiger partial charge in [0.15, 0.2) is 18.1 Å². The van der Waals surface area contributed by atoms with E-state index >= 15 is 0 Å². The molecular weight excluding hydrogens is 362 g/mol. The van der Waals surface area contributed by atoms with Gasteiger partial charge in [-0.2, -0.15) is 8.78 Å². The van der Waals surface area contributed by atoms with Crippen molar-refractivity contribution in [1.29, 1.82) is 0 Å². The standard InChI is InChI=1S/C18H16F2N2O5/c1-25-14-7-6-11(8-15(14)27-18(19)20)21-16(23)9-22-12-4-2-3-5-13(12)26-10-17(22)24/h2-8,18H,9-10H2,1H3,(H,21,23). The van der Waals surface area contributed by atoms with Gasteiger partial charge < -0.3 is 19.5 Å². The molecular formula is C18H16F2N2O5. The zero-order valence-electron chi connectivity index (χ0n) is 14.3. The van der Waals surface area contributed by atoms with Gasteiger partial charge in [-0.1, -0.05) is 12.1 Å². The molecule has 0 atom stereocenters. The van der Waals surface area contributed by atoms with Gasteiger partial charge >= 0.3 is 6.61 Å². The van der Waals surface area contributed by atoms with E-state index in [0.717, 1.165) is 0 Å². The summed E-state index contributed by atoms with van der Waals surface area (Å²) in [5, 5.41) is 2.55. The van der Waals surface area contributed by atoms with Crippen molar-refractivity contribution in [3.8, 4) is 17.2 Å². The SMILES string of the molecule is COc1ccc(NC(=O)CN2C(=O)COc3ccccc32)cc1OC(F)F. The van der Waals surface area contributed by atoms with Gasteiger partial charge in [0.25, 0.3) is 5.91 Å². The third-order valence-electron chi connectivity index (χ3n) is 3.77. The van der Waals surface area contributed by atoms with Crippen LogP contribution in [0.1, 0.15) is 0 Å². The molecule has 9 heteroatoms. The number of rotatable bonds is 6. The minimum Gasteiger partial charge on any atom is -0.493 e. The van der Waals surface area contributed by atoms with Crippen LogP contribution >= 0.6 is 0 Å². The number of ether oxygens (including phenoxy) is 3. The number of alkyl halides is 2. The number of hydrogen-bond acceptors (Lipinski definition) is 5. The monoisotopic (exact) mass is 378 g/mol. The highest BCUT2D eigenvalue weighted by atomic mass is 19.3. The van der Waals surface area contributed by atoms with Crippen LogP contribution in [0.4, 0.5) is 20.2 Å². The number of carbonyl (C=O) groups excluding carboxylic acids is 2. The normalized spacial score (nSPS) is 13.0. The number of anilines is 2. The van der Waals surface area contributed by atoms with Gasteiger partial charge in [0.2, 0.25) is 5.91 Å². The number of nitrogens with one attached hydrogen (secondary N) is 1. The second-order valence-corrected chi connectivity index (χ2v) is 5.53. The molecule has 2 aromatic carbocycles. The zero-order chi connectivity index (χ0) is 19.4. The van der Waals surface area contributed by atoms with Crippen LogP contribution in [-0.2, 0) is 9.59 Å². The molecule has 0 unspecified atom stereocenters. The van der Waals surface area contributed by atoms with E-state index in [1.807, 2.05) is 0 Å². The summed E-state index contributed by atoms with van der Waals surface area (Å²) < 4.78 is 39.6. The van der Waals surface area contributed by atoms with Gasteiger partial charge in [-0.25, -0.2) is 0 Å². The van der Waals surface area contributed by atoms with Gasteiger partial charge in [-0.05, 0) is 24.3 Å². The van der Waals surface area contributed by atoms with Crippen molar-refractivity contribution in [2.75, 3.05) is 30.5 Å². The molecule has 0 aromatic heterocycles. The van der Waals surface area contributed by atoms with E-state index < -0.39 is 12.5 Å². The molecule has 0 aliphatic carbocycles. The summed E-state index contributed by atoms with van der Waals surface area (Å²) >= 11 is 0. The van der Waals surface area contributed by atoms with E-state index in [1.54, 1.807) is 24.3 Å². The summed E-state index contributed by atoms with van der Waals surface area (Å²) in [6, 6.07) is 10.9. The van der Waals surface area contributed by atoms with E-state index in [-0.39, 0.29) is 36.2 Å². The Morgan fingerprint density at radius 3 is 2.78 bits per heavy atom. The Balaban J connectivity index is 1.74. The van der Waals surface area contributed by atoms with Crippen LogP contribution < -0.4 is 24.4 Å². The van der Waals surface area contributed by atoms with Gasteiger partial charge in [0.05, 0.1) is 12.8 Å². The maximum absolute atomic E-state index is 12.5. The van der Waals surface area contributed by atoms with E-state index in [1.165, 1.54) is 30.2 Å². The lowest BCUT2D eigenvalue weighted by Crippen LogP contribution is -2.43. The lowest BCUT2D eigenvalue weighted by Gasteiger charge is -2.28. The van der Waals surface area contributed by atoms with Gasteiger partial charge in [-0.15, -0.1) is 0 Å². The van der Waals surface area contributed by atoms with E-state index in [9.17, 15) is 18.4 Å². The Morgan fingerprint density at radius 2 is 2.04 bits per heavy atom. The fraction of sp³-hybridized carbons (Fsp3) is 0.222. The number of methoxy groups -OCH3 is 1. The van der Waals surface area contributed by atoms with Crippen LogP contribution in [0, 0.1) is 0 Å². The number of benzene rings is 2. The first-order chi connectivity index (χ1) is 13.0. The molecule has 3 rings (SSSR count). The van der Waals surface area contributed by atoms with Crippen molar-refractivity contribution < 1.29 is 32.6 Å². The first-order valence-electron chi connectivity index (χ1n) is 7.93. The highest BCUT2D eigenvalue weighted by molar-refractivity contribution is 6.05. The van der Waals surface area contributed by atoms with Crippen LogP contribution in [0.3, 0.4) is 0 Å². The lowest BCUT2D eigenvalue weighted by atomic mass is 10.2. The quantitative estimate of drug-likeness (QED) is 0.836. The van der Waals surface area contributed by atoms with Gasteiger partial charge in [0.1, 0.15) is 12.3 Å². The summed E-state index contributed by atoms with van der Waals surface area (Å²) in [5.41, 5.74) is 0.714. The van der Waals surface area contributed by atoms with Crippen LogP contribution in [0.5, 0.6) is 17.2 Å². The third-order valence-corrected chi connectivity index (χ3v) is 3.77. The third kappa shape index (κ3) is 4.25. The van der Waals surface area contributed by atoms with Gasteiger partial charge in [-0.3, -0.25) is 14.5 Å². The second kappa shape index (κ2) is 7.90. The molecule has 0 spiro atoms. The Morgan fingerprint density at radius 1 is 1.26 bits per heavy atom. The fourth-order valence-corrected chi connectivity index (χ4v) is 2.61. The molecule has 2 aromatic rings. The first kappa shape index (κ1) is 18.4. The number of fused-ring (bicyclic) bond motifs is 1. The Bertz CT molecular complexity index is 859. The van der Waals surface area contributed by atoms with Crippen molar-refractivity contribution in [2.45, 2.75) is 6.61 Å². The second-order valence-electron chi connectivity index (χ2n) is 5.53. The molecule has 1 N–H and O–H groups in total. The van der Waals surface area contributed by atoms with Crippen LogP contribution in [-0.4, -0.2) is 38.7 Å². The summed E-state index contributed by atoms with van der Waals surface area (Å²) in [5.74, 6) is -0.473. The topological polar surface area (TPSA) is 77.1 Å². The van der Waals surface area contributed by atoms with Crippen LogP contribution in [0.2, 0.25) is 0 Å². The maximum Gasteiger partial charge on any atom is 0.387 e. The Labute approximate surface area is 153 Å². The number of hydrogen-bond donors (Lipinski definition) is 1. The number of amides is 2. The molecule has 1 aliphatic rings. The Hall–Kier alpha value is -3.36. The molecule has 0 saturated carbocycles. The average molecular weight is 378 g/mol. The summed E-state index contributed by atoms with van der Waals surface area (Å²) in [7, 11) is 1.31. The molecule has 1 heterocycles. The highest BCUT2D eigenvalue weighted by Gasteiger charge is 2.27. The average Bonchev–Trinajstić information content (AvgIpc) is 2.64. The molecule has 0 bridgehead atoms. The molecule has 7 nitrogen and oxygen atoms in total. The highest BCUT2D eigenvalue weighted by Crippen LogP contribution is 2.33. The smallest absolute Gasteiger partial charge is 0.387 e. The molecule has 142 valence electrons. The number of nitrogens with zero attached hydrogens (tertiary/aromatic N) is 1. The van der Waals surface area contributed by atoms with E-state index in [0.29, 0.717) is 11.4 Å². The number of halogens is 2. The lowest BCUT2D eigenvalue weighted by molar-refractivity contribution is -0.123. The largest absolute Gasteiger partial charge is 0.493 e. The summed E-state index contributed by atoms with van der Waals surface area (Å²) in [4.78, 5) is 25.8. The molecule has 0 fully saturated rings. The van der Waals surface area contributed by atoms with Crippen molar-refractivity contribution in [3.05, 3.63) is 42.5 Å². The molecule has 1 aliphatic heterocycles. The maximum atomic E-state index is 12.5. The van der Waals surface area contributed by atoms with Crippen molar-refractivity contribution in [2.24, 2.45) is 0 Å². The molecule has 0 radical (unpaired) electrons. The molecule has 27 heavy (non-hydrogen) atoms. The number of carbonyl (C=O) groups is 2. The van der Waals surface area contributed by atoms with Crippen molar-refractivity contribution in [3.63, 3.8) is 0 Å². The summed E-state index contributed by atoms with van der Waals surface area (Å²) in [6.45, 7) is -3.46.